The first kappa shape index (κ1) is 14.4. The van der Waals surface area contributed by atoms with Crippen LogP contribution in [0.4, 0.5) is 5.69 Å². The van der Waals surface area contributed by atoms with Gasteiger partial charge in [0.25, 0.3) is 5.69 Å². The normalized spacial score (nSPS) is 14.0. The van der Waals surface area contributed by atoms with E-state index < -0.39 is 17.1 Å². The van der Waals surface area contributed by atoms with Gasteiger partial charge in [-0.3, -0.25) is 10.1 Å². The zero-order chi connectivity index (χ0) is 13.7. The Balaban J connectivity index is 3.05. The minimum absolute atomic E-state index is 0.142. The second-order valence-electron chi connectivity index (χ2n) is 3.77. The molecule has 0 aliphatic heterocycles. The predicted octanol–water partition coefficient (Wildman–Crippen LogP) is 0.347. The standard InChI is InChI=1S/C11H16N2O5/c1-18-10-6-7(13(16)17)2-3-8(10)11(15)9(14)4-5-12/h2-3,6,9,11,14-15H,4-5,12H2,1H3. The second-order valence-corrected chi connectivity index (χ2v) is 3.77. The maximum Gasteiger partial charge on any atom is 0.273 e. The fraction of sp³-hybridized carbons (Fsp3) is 0.455. The molecule has 100 valence electrons. The molecule has 0 heterocycles. The average Bonchev–Trinajstić information content (AvgIpc) is 2.37. The summed E-state index contributed by atoms with van der Waals surface area (Å²) in [5.41, 5.74) is 5.44. The molecule has 0 saturated heterocycles. The highest BCUT2D eigenvalue weighted by Gasteiger charge is 2.23. The Bertz CT molecular complexity index is 424. The quantitative estimate of drug-likeness (QED) is 0.499. The van der Waals surface area contributed by atoms with Gasteiger partial charge < -0.3 is 20.7 Å². The Morgan fingerprint density at radius 2 is 2.17 bits per heavy atom. The first-order chi connectivity index (χ1) is 8.51. The van der Waals surface area contributed by atoms with Crippen LogP contribution in [0, 0.1) is 10.1 Å². The molecule has 0 aliphatic rings. The number of nitrogens with zero attached hydrogens (tertiary/aromatic N) is 1. The lowest BCUT2D eigenvalue weighted by molar-refractivity contribution is -0.385. The Morgan fingerprint density at radius 3 is 2.67 bits per heavy atom. The number of aliphatic hydroxyl groups excluding tert-OH is 2. The van der Waals surface area contributed by atoms with E-state index in [2.05, 4.69) is 0 Å². The van der Waals surface area contributed by atoms with Crippen LogP contribution in [0.1, 0.15) is 18.1 Å². The van der Waals surface area contributed by atoms with Gasteiger partial charge in [0.2, 0.25) is 0 Å². The third-order valence-electron chi connectivity index (χ3n) is 2.57. The molecule has 0 aromatic heterocycles. The fourth-order valence-electron chi connectivity index (χ4n) is 1.59. The van der Waals surface area contributed by atoms with E-state index in [1.54, 1.807) is 0 Å². The van der Waals surface area contributed by atoms with Gasteiger partial charge in [-0.1, -0.05) is 0 Å². The lowest BCUT2D eigenvalue weighted by Crippen LogP contribution is -2.22. The summed E-state index contributed by atoms with van der Waals surface area (Å²) in [5, 5.41) is 30.2. The van der Waals surface area contributed by atoms with Crippen molar-refractivity contribution < 1.29 is 19.9 Å². The minimum Gasteiger partial charge on any atom is -0.496 e. The van der Waals surface area contributed by atoms with Crippen molar-refractivity contribution in [2.24, 2.45) is 5.73 Å². The van der Waals surface area contributed by atoms with Crippen molar-refractivity contribution in [2.45, 2.75) is 18.6 Å². The van der Waals surface area contributed by atoms with Crippen molar-refractivity contribution in [2.75, 3.05) is 13.7 Å². The largest absolute Gasteiger partial charge is 0.496 e. The van der Waals surface area contributed by atoms with Crippen LogP contribution in [0.15, 0.2) is 18.2 Å². The molecular formula is C11H16N2O5. The van der Waals surface area contributed by atoms with Gasteiger partial charge in [-0.25, -0.2) is 0 Å². The number of ether oxygens (including phenoxy) is 1. The van der Waals surface area contributed by atoms with E-state index in [0.29, 0.717) is 5.56 Å². The van der Waals surface area contributed by atoms with Gasteiger partial charge in [0.15, 0.2) is 0 Å². The summed E-state index contributed by atoms with van der Waals surface area (Å²) < 4.78 is 4.98. The topological polar surface area (TPSA) is 119 Å². The Kier molecular flexibility index (Phi) is 5.02. The van der Waals surface area contributed by atoms with Crippen molar-refractivity contribution >= 4 is 5.69 Å². The number of nitro benzene ring substituents is 1. The van der Waals surface area contributed by atoms with E-state index in [0.717, 1.165) is 0 Å². The van der Waals surface area contributed by atoms with E-state index in [9.17, 15) is 20.3 Å². The SMILES string of the molecule is COc1cc([N+](=O)[O-])ccc1C(O)C(O)CCN. The van der Waals surface area contributed by atoms with Gasteiger partial charge in [0.1, 0.15) is 11.9 Å². The van der Waals surface area contributed by atoms with Crippen molar-refractivity contribution in [3.05, 3.63) is 33.9 Å². The number of hydrogen-bond donors (Lipinski definition) is 3. The Hall–Kier alpha value is -1.70. The first-order valence-corrected chi connectivity index (χ1v) is 5.39. The van der Waals surface area contributed by atoms with Crippen LogP contribution in [-0.4, -0.2) is 34.9 Å². The molecule has 0 bridgehead atoms. The average molecular weight is 256 g/mol. The maximum absolute atomic E-state index is 10.6. The Labute approximate surface area is 104 Å². The van der Waals surface area contributed by atoms with E-state index in [4.69, 9.17) is 10.5 Å². The molecule has 7 nitrogen and oxygen atoms in total. The van der Waals surface area contributed by atoms with Crippen molar-refractivity contribution in [1.82, 2.24) is 0 Å². The van der Waals surface area contributed by atoms with Crippen molar-refractivity contribution in [3.8, 4) is 5.75 Å². The van der Waals surface area contributed by atoms with Crippen LogP contribution in [0.3, 0.4) is 0 Å². The smallest absolute Gasteiger partial charge is 0.273 e. The molecule has 0 amide bonds. The summed E-state index contributed by atoms with van der Waals surface area (Å²) in [6.45, 7) is 0.230. The van der Waals surface area contributed by atoms with Gasteiger partial charge in [0, 0.05) is 11.6 Å². The number of nitrogens with two attached hydrogens (primary N) is 1. The van der Waals surface area contributed by atoms with Gasteiger partial charge in [-0.05, 0) is 19.0 Å². The number of rotatable bonds is 6. The fourth-order valence-corrected chi connectivity index (χ4v) is 1.59. The zero-order valence-electron chi connectivity index (χ0n) is 9.94. The molecule has 1 aromatic rings. The van der Waals surface area contributed by atoms with Gasteiger partial charge in [0.05, 0.1) is 24.2 Å². The highest BCUT2D eigenvalue weighted by Crippen LogP contribution is 2.31. The molecule has 1 rings (SSSR count). The molecule has 0 spiro atoms. The minimum atomic E-state index is -1.19. The van der Waals surface area contributed by atoms with E-state index in [1.165, 1.54) is 25.3 Å². The lowest BCUT2D eigenvalue weighted by Gasteiger charge is -2.19. The summed E-state index contributed by atoms with van der Waals surface area (Å²) in [7, 11) is 1.34. The van der Waals surface area contributed by atoms with E-state index >= 15 is 0 Å². The molecule has 2 unspecified atom stereocenters. The van der Waals surface area contributed by atoms with Crippen molar-refractivity contribution in [3.63, 3.8) is 0 Å². The van der Waals surface area contributed by atoms with Crippen LogP contribution in [0.2, 0.25) is 0 Å². The third kappa shape index (κ3) is 3.16. The molecule has 1 aromatic carbocycles. The number of methoxy groups -OCH3 is 1. The van der Waals surface area contributed by atoms with Crippen LogP contribution >= 0.6 is 0 Å². The van der Waals surface area contributed by atoms with E-state index in [1.807, 2.05) is 0 Å². The molecule has 4 N–H and O–H groups in total. The Morgan fingerprint density at radius 1 is 1.50 bits per heavy atom. The van der Waals surface area contributed by atoms with E-state index in [-0.39, 0.29) is 24.4 Å². The second kappa shape index (κ2) is 6.29. The third-order valence-corrected chi connectivity index (χ3v) is 2.57. The summed E-state index contributed by atoms with van der Waals surface area (Å²) in [6, 6.07) is 3.81. The lowest BCUT2D eigenvalue weighted by atomic mass is 10.0. The predicted molar refractivity (Wildman–Crippen MR) is 64.3 cm³/mol. The first-order valence-electron chi connectivity index (χ1n) is 5.39. The molecule has 18 heavy (non-hydrogen) atoms. The molecule has 7 heteroatoms. The highest BCUT2D eigenvalue weighted by atomic mass is 16.6. The number of aliphatic hydroxyl groups is 2. The maximum atomic E-state index is 10.6. The summed E-state index contributed by atoms with van der Waals surface area (Å²) >= 11 is 0. The van der Waals surface area contributed by atoms with Gasteiger partial charge in [-0.2, -0.15) is 0 Å². The number of nitro groups is 1. The van der Waals surface area contributed by atoms with Crippen LogP contribution in [-0.2, 0) is 0 Å². The van der Waals surface area contributed by atoms with Gasteiger partial charge in [-0.15, -0.1) is 0 Å². The number of non-ortho nitro benzene ring substituents is 1. The van der Waals surface area contributed by atoms with Crippen molar-refractivity contribution in [1.29, 1.82) is 0 Å². The number of hydrogen-bond acceptors (Lipinski definition) is 6. The molecule has 0 saturated carbocycles. The van der Waals surface area contributed by atoms with Crippen LogP contribution in [0.5, 0.6) is 5.75 Å². The monoisotopic (exact) mass is 256 g/mol. The molecule has 0 fully saturated rings. The van der Waals surface area contributed by atoms with Crippen LogP contribution < -0.4 is 10.5 Å². The zero-order valence-corrected chi connectivity index (χ0v) is 9.94. The molecule has 0 aliphatic carbocycles. The molecular weight excluding hydrogens is 240 g/mol. The van der Waals surface area contributed by atoms with Gasteiger partial charge >= 0.3 is 0 Å². The molecule has 2 atom stereocenters. The van der Waals surface area contributed by atoms with Crippen LogP contribution in [0.25, 0.3) is 0 Å². The highest BCUT2D eigenvalue weighted by molar-refractivity contribution is 5.45. The molecule has 0 radical (unpaired) electrons. The summed E-state index contributed by atoms with van der Waals surface area (Å²) in [6.07, 6.45) is -2.00. The summed E-state index contributed by atoms with van der Waals surface area (Å²) in [4.78, 5) is 10.0. The number of benzene rings is 1. The summed E-state index contributed by atoms with van der Waals surface area (Å²) in [5.74, 6) is 0.160.